The predicted octanol–water partition coefficient (Wildman–Crippen LogP) is 2.35. The monoisotopic (exact) mass is 322 g/mol. The second-order valence-corrected chi connectivity index (χ2v) is 5.86. The van der Waals surface area contributed by atoms with Crippen LogP contribution >= 0.6 is 0 Å². The highest BCUT2D eigenvalue weighted by Gasteiger charge is 2.27. The van der Waals surface area contributed by atoms with Gasteiger partial charge in [0.05, 0.1) is 24.8 Å². The molecule has 0 bridgehead atoms. The maximum atomic E-state index is 13.8. The van der Waals surface area contributed by atoms with Gasteiger partial charge < -0.3 is 10.1 Å². The Balaban J connectivity index is 1.88. The first-order chi connectivity index (χ1) is 11.0. The molecule has 1 aromatic carbocycles. The number of carbonyl (C=O) groups excluding carboxylic acids is 2. The highest BCUT2D eigenvalue weighted by atomic mass is 19.1. The molecule has 2 rings (SSSR count). The molecule has 1 amide bonds. The molecule has 126 valence electrons. The summed E-state index contributed by atoms with van der Waals surface area (Å²) < 4.78 is 18.8. The molecule has 0 unspecified atom stereocenters. The first kappa shape index (κ1) is 17.4. The number of esters is 1. The van der Waals surface area contributed by atoms with E-state index in [-0.39, 0.29) is 30.0 Å². The van der Waals surface area contributed by atoms with E-state index in [0.29, 0.717) is 13.2 Å². The van der Waals surface area contributed by atoms with Crippen molar-refractivity contribution in [1.82, 2.24) is 4.90 Å². The van der Waals surface area contributed by atoms with E-state index in [1.54, 1.807) is 26.0 Å². The van der Waals surface area contributed by atoms with Crippen LogP contribution in [0.25, 0.3) is 0 Å². The number of amides is 1. The van der Waals surface area contributed by atoms with Gasteiger partial charge in [0.2, 0.25) is 5.91 Å². The normalized spacial score (nSPS) is 18.5. The summed E-state index contributed by atoms with van der Waals surface area (Å²) in [6.45, 7) is 5.33. The standard InChI is InChI=1S/C17H23FN2O3/c1-3-23-17(22)13-5-4-8-20(10-13)11-16(21)19-15-7-6-12(2)9-14(15)18/h6-7,9,13H,3-5,8,10-11H2,1-2H3,(H,19,21)/t13-/m1/s1. The van der Waals surface area contributed by atoms with Crippen LogP contribution in [0.15, 0.2) is 18.2 Å². The number of anilines is 1. The van der Waals surface area contributed by atoms with Gasteiger partial charge in [-0.1, -0.05) is 6.07 Å². The lowest BCUT2D eigenvalue weighted by Gasteiger charge is -2.30. The molecule has 0 saturated carbocycles. The molecular weight excluding hydrogens is 299 g/mol. The smallest absolute Gasteiger partial charge is 0.310 e. The maximum absolute atomic E-state index is 13.8. The fourth-order valence-electron chi connectivity index (χ4n) is 2.77. The van der Waals surface area contributed by atoms with Gasteiger partial charge in [0.1, 0.15) is 5.82 Å². The fraction of sp³-hybridized carbons (Fsp3) is 0.529. The zero-order valence-electron chi connectivity index (χ0n) is 13.6. The second kappa shape index (κ2) is 8.06. The summed E-state index contributed by atoms with van der Waals surface area (Å²) in [6.07, 6.45) is 1.62. The first-order valence-electron chi connectivity index (χ1n) is 7.94. The van der Waals surface area contributed by atoms with Crippen molar-refractivity contribution in [3.8, 4) is 0 Å². The van der Waals surface area contributed by atoms with Gasteiger partial charge in [0.15, 0.2) is 0 Å². The van der Waals surface area contributed by atoms with Crippen molar-refractivity contribution in [1.29, 1.82) is 0 Å². The summed E-state index contributed by atoms with van der Waals surface area (Å²) in [5.41, 5.74) is 0.980. The lowest BCUT2D eigenvalue weighted by Crippen LogP contribution is -2.43. The van der Waals surface area contributed by atoms with E-state index in [0.717, 1.165) is 24.9 Å². The number of rotatable bonds is 5. The SMILES string of the molecule is CCOC(=O)[C@@H]1CCCN(CC(=O)Nc2ccc(C)cc2F)C1. The summed E-state index contributed by atoms with van der Waals surface area (Å²) in [4.78, 5) is 25.8. The van der Waals surface area contributed by atoms with Crippen LogP contribution in [0.1, 0.15) is 25.3 Å². The molecule has 0 aliphatic carbocycles. The number of benzene rings is 1. The fourth-order valence-corrected chi connectivity index (χ4v) is 2.77. The minimum atomic E-state index is -0.443. The van der Waals surface area contributed by atoms with E-state index >= 15 is 0 Å². The highest BCUT2D eigenvalue weighted by Crippen LogP contribution is 2.19. The van der Waals surface area contributed by atoms with Crippen molar-refractivity contribution in [3.05, 3.63) is 29.6 Å². The van der Waals surface area contributed by atoms with Crippen LogP contribution < -0.4 is 5.32 Å². The van der Waals surface area contributed by atoms with Crippen molar-refractivity contribution < 1.29 is 18.7 Å². The van der Waals surface area contributed by atoms with Gasteiger partial charge in [-0.2, -0.15) is 0 Å². The number of halogens is 1. The molecule has 6 heteroatoms. The molecule has 0 radical (unpaired) electrons. The molecular formula is C17H23FN2O3. The number of ether oxygens (including phenoxy) is 1. The van der Waals surface area contributed by atoms with Crippen molar-refractivity contribution in [2.24, 2.45) is 5.92 Å². The number of hydrogen-bond acceptors (Lipinski definition) is 4. The van der Waals surface area contributed by atoms with Crippen LogP contribution in [-0.2, 0) is 14.3 Å². The third kappa shape index (κ3) is 5.03. The summed E-state index contributed by atoms with van der Waals surface area (Å²) in [5.74, 6) is -1.12. The van der Waals surface area contributed by atoms with Crippen molar-refractivity contribution in [2.45, 2.75) is 26.7 Å². The average molecular weight is 322 g/mol. The number of likely N-dealkylation sites (tertiary alicyclic amines) is 1. The van der Waals surface area contributed by atoms with E-state index in [2.05, 4.69) is 5.32 Å². The maximum Gasteiger partial charge on any atom is 0.310 e. The summed E-state index contributed by atoms with van der Waals surface area (Å²) in [5, 5.41) is 2.58. The molecule has 23 heavy (non-hydrogen) atoms. The number of aryl methyl sites for hydroxylation is 1. The summed E-state index contributed by atoms with van der Waals surface area (Å²) in [6, 6.07) is 4.68. The Morgan fingerprint density at radius 1 is 1.43 bits per heavy atom. The van der Waals surface area contributed by atoms with Gasteiger partial charge >= 0.3 is 5.97 Å². The molecule has 1 fully saturated rings. The highest BCUT2D eigenvalue weighted by molar-refractivity contribution is 5.92. The molecule has 0 aromatic heterocycles. The van der Waals surface area contributed by atoms with Gasteiger partial charge in [-0.15, -0.1) is 0 Å². The Labute approximate surface area is 135 Å². The van der Waals surface area contributed by atoms with E-state index in [1.165, 1.54) is 6.07 Å². The van der Waals surface area contributed by atoms with Crippen molar-refractivity contribution in [2.75, 3.05) is 31.6 Å². The summed E-state index contributed by atoms with van der Waals surface area (Å²) >= 11 is 0. The predicted molar refractivity (Wildman–Crippen MR) is 85.6 cm³/mol. The molecule has 1 saturated heterocycles. The largest absolute Gasteiger partial charge is 0.466 e. The third-order valence-corrected chi connectivity index (χ3v) is 3.89. The molecule has 1 heterocycles. The Morgan fingerprint density at radius 2 is 2.22 bits per heavy atom. The Kier molecular flexibility index (Phi) is 6.10. The van der Waals surface area contributed by atoms with Gasteiger partial charge in [0.25, 0.3) is 0 Å². The molecule has 1 aliphatic heterocycles. The second-order valence-electron chi connectivity index (χ2n) is 5.86. The van der Waals surface area contributed by atoms with Crippen molar-refractivity contribution in [3.63, 3.8) is 0 Å². The Morgan fingerprint density at radius 3 is 2.91 bits per heavy atom. The van der Waals surface area contributed by atoms with Gasteiger partial charge in [-0.05, 0) is 50.9 Å². The number of piperidine rings is 1. The zero-order chi connectivity index (χ0) is 16.8. The van der Waals surface area contributed by atoms with Crippen molar-refractivity contribution >= 4 is 17.6 Å². The molecule has 0 spiro atoms. The van der Waals surface area contributed by atoms with E-state index < -0.39 is 5.82 Å². The number of carbonyl (C=O) groups is 2. The minimum absolute atomic E-state index is 0.142. The first-order valence-corrected chi connectivity index (χ1v) is 7.94. The van der Waals surface area contributed by atoms with E-state index in [9.17, 15) is 14.0 Å². The molecule has 1 aromatic rings. The Hall–Kier alpha value is -1.95. The number of hydrogen-bond donors (Lipinski definition) is 1. The Bertz CT molecular complexity index is 577. The molecule has 1 atom stereocenters. The van der Waals surface area contributed by atoms with Crippen LogP contribution in [0, 0.1) is 18.7 Å². The summed E-state index contributed by atoms with van der Waals surface area (Å²) in [7, 11) is 0. The number of nitrogens with one attached hydrogen (secondary N) is 1. The molecule has 1 aliphatic rings. The number of nitrogens with zero attached hydrogens (tertiary/aromatic N) is 1. The minimum Gasteiger partial charge on any atom is -0.466 e. The molecule has 1 N–H and O–H groups in total. The van der Waals surface area contributed by atoms with E-state index in [4.69, 9.17) is 4.74 Å². The lowest BCUT2D eigenvalue weighted by atomic mass is 9.98. The molecule has 5 nitrogen and oxygen atoms in total. The third-order valence-electron chi connectivity index (χ3n) is 3.89. The van der Waals surface area contributed by atoms with Crippen LogP contribution in [0.5, 0.6) is 0 Å². The van der Waals surface area contributed by atoms with Crippen LogP contribution in [0.4, 0.5) is 10.1 Å². The quantitative estimate of drug-likeness (QED) is 0.846. The zero-order valence-corrected chi connectivity index (χ0v) is 13.6. The van der Waals surface area contributed by atoms with Gasteiger partial charge in [-0.25, -0.2) is 4.39 Å². The van der Waals surface area contributed by atoms with Crippen LogP contribution in [0.3, 0.4) is 0 Å². The van der Waals surface area contributed by atoms with Gasteiger partial charge in [-0.3, -0.25) is 14.5 Å². The van der Waals surface area contributed by atoms with Crippen LogP contribution in [-0.4, -0.2) is 43.0 Å². The van der Waals surface area contributed by atoms with Gasteiger partial charge in [0, 0.05) is 6.54 Å². The van der Waals surface area contributed by atoms with E-state index in [1.807, 2.05) is 4.90 Å². The average Bonchev–Trinajstić information content (AvgIpc) is 2.50. The lowest BCUT2D eigenvalue weighted by molar-refractivity contribution is -0.150. The van der Waals surface area contributed by atoms with Crippen LogP contribution in [0.2, 0.25) is 0 Å². The topological polar surface area (TPSA) is 58.6 Å².